The van der Waals surface area contributed by atoms with Gasteiger partial charge in [-0.1, -0.05) is 18.6 Å². The van der Waals surface area contributed by atoms with Crippen molar-refractivity contribution in [2.75, 3.05) is 0 Å². The third-order valence-electron chi connectivity index (χ3n) is 4.53. The molecule has 0 aliphatic heterocycles. The zero-order valence-corrected chi connectivity index (χ0v) is 10.1. The summed E-state index contributed by atoms with van der Waals surface area (Å²) in [7, 11) is 0. The Morgan fingerprint density at radius 2 is 2.13 bits per heavy atom. The first kappa shape index (κ1) is 10.9. The summed E-state index contributed by atoms with van der Waals surface area (Å²) in [5, 5.41) is 10.2. The Kier molecular flexibility index (Phi) is 2.76. The van der Waals surface area contributed by atoms with Crippen molar-refractivity contribution in [1.82, 2.24) is 0 Å². The summed E-state index contributed by atoms with van der Waals surface area (Å²) in [6, 6.07) is 0. The number of hydrogen-bond donors (Lipinski definition) is 1. The van der Waals surface area contributed by atoms with E-state index in [9.17, 15) is 5.11 Å². The molecule has 0 aromatic carbocycles. The highest BCUT2D eigenvalue weighted by atomic mass is 16.3. The topological polar surface area (TPSA) is 20.2 Å². The summed E-state index contributed by atoms with van der Waals surface area (Å²) < 4.78 is 0. The van der Waals surface area contributed by atoms with Gasteiger partial charge in [0.05, 0.1) is 6.10 Å². The minimum atomic E-state index is -0.116. The maximum atomic E-state index is 10.2. The molecule has 15 heavy (non-hydrogen) atoms. The van der Waals surface area contributed by atoms with Gasteiger partial charge in [-0.05, 0) is 57.1 Å². The quantitative estimate of drug-likeness (QED) is 0.642. The third kappa shape index (κ3) is 1.57. The highest BCUT2D eigenvalue weighted by Crippen LogP contribution is 2.50. The summed E-state index contributed by atoms with van der Waals surface area (Å²) in [4.78, 5) is 0. The summed E-state index contributed by atoms with van der Waals surface area (Å²) in [5.41, 5.74) is 4.57. The molecule has 2 aliphatic carbocycles. The summed E-state index contributed by atoms with van der Waals surface area (Å²) in [6.45, 7) is 6.61. The lowest BCUT2D eigenvalue weighted by Crippen LogP contribution is -2.40. The highest BCUT2D eigenvalue weighted by Gasteiger charge is 2.42. The van der Waals surface area contributed by atoms with E-state index in [1.165, 1.54) is 23.1 Å². The minimum absolute atomic E-state index is 0.0782. The maximum Gasteiger partial charge on any atom is 0.0631 e. The minimum Gasteiger partial charge on any atom is -0.392 e. The number of aliphatic hydroxyl groups excluding tert-OH is 1. The van der Waals surface area contributed by atoms with Crippen LogP contribution in [0.15, 0.2) is 22.8 Å². The van der Waals surface area contributed by atoms with E-state index >= 15 is 0 Å². The average Bonchev–Trinajstić information content (AvgIpc) is 2.22. The fourth-order valence-electron chi connectivity index (χ4n) is 3.35. The van der Waals surface area contributed by atoms with E-state index in [0.717, 1.165) is 25.7 Å². The molecule has 0 aromatic rings. The first-order valence-corrected chi connectivity index (χ1v) is 6.13. The van der Waals surface area contributed by atoms with Crippen molar-refractivity contribution in [2.24, 2.45) is 5.41 Å². The zero-order valence-electron chi connectivity index (χ0n) is 10.1. The molecule has 0 bridgehead atoms. The van der Waals surface area contributed by atoms with Crippen LogP contribution < -0.4 is 0 Å². The normalized spacial score (nSPS) is 39.5. The standard InChI is InChI=1S/C14H22O/c1-4-11-8-9-14(3)12(10(11)2)6-5-7-13(14)15/h4,13,15H,5-9H2,1-3H3/b11-4-/t13-,14-/m0/s1. The number of rotatable bonds is 0. The Morgan fingerprint density at radius 1 is 1.40 bits per heavy atom. The molecule has 0 spiro atoms. The molecule has 1 N–H and O–H groups in total. The molecule has 2 aliphatic rings. The Morgan fingerprint density at radius 3 is 2.80 bits per heavy atom. The summed E-state index contributed by atoms with van der Waals surface area (Å²) >= 11 is 0. The van der Waals surface area contributed by atoms with Gasteiger partial charge in [0.15, 0.2) is 0 Å². The van der Waals surface area contributed by atoms with E-state index in [4.69, 9.17) is 0 Å². The second-order valence-corrected chi connectivity index (χ2v) is 5.24. The van der Waals surface area contributed by atoms with Gasteiger partial charge in [0, 0.05) is 5.41 Å². The van der Waals surface area contributed by atoms with E-state index in [2.05, 4.69) is 26.8 Å². The second kappa shape index (κ2) is 3.79. The van der Waals surface area contributed by atoms with Crippen LogP contribution in [0.5, 0.6) is 0 Å². The second-order valence-electron chi connectivity index (χ2n) is 5.24. The molecule has 1 saturated carbocycles. The third-order valence-corrected chi connectivity index (χ3v) is 4.53. The SMILES string of the molecule is C/C=C1/CC[C@@]2(C)C(=C1C)CCC[C@@H]2O. The predicted octanol–water partition coefficient (Wildman–Crippen LogP) is 3.59. The molecule has 1 fully saturated rings. The Hall–Kier alpha value is -0.560. The van der Waals surface area contributed by atoms with E-state index in [0.29, 0.717) is 0 Å². The molecule has 0 radical (unpaired) electrons. The molecule has 84 valence electrons. The Balaban J connectivity index is 2.45. The largest absolute Gasteiger partial charge is 0.392 e. The first-order chi connectivity index (χ1) is 7.09. The molecule has 0 saturated heterocycles. The molecule has 2 rings (SSSR count). The van der Waals surface area contributed by atoms with Crippen molar-refractivity contribution < 1.29 is 5.11 Å². The van der Waals surface area contributed by atoms with Gasteiger partial charge in [0.2, 0.25) is 0 Å². The maximum absolute atomic E-state index is 10.2. The fraction of sp³-hybridized carbons (Fsp3) is 0.714. The number of hydrogen-bond acceptors (Lipinski definition) is 1. The lowest BCUT2D eigenvalue weighted by atomic mass is 9.61. The van der Waals surface area contributed by atoms with E-state index in [1.54, 1.807) is 0 Å². The monoisotopic (exact) mass is 206 g/mol. The van der Waals surface area contributed by atoms with Gasteiger partial charge in [0.25, 0.3) is 0 Å². The Bertz CT molecular complexity index is 324. The van der Waals surface area contributed by atoms with Crippen LogP contribution in [0.3, 0.4) is 0 Å². The van der Waals surface area contributed by atoms with Gasteiger partial charge >= 0.3 is 0 Å². The van der Waals surface area contributed by atoms with Crippen LogP contribution in [-0.2, 0) is 0 Å². The van der Waals surface area contributed by atoms with Gasteiger partial charge in [-0.15, -0.1) is 0 Å². The number of allylic oxidation sites excluding steroid dienone is 3. The highest BCUT2D eigenvalue weighted by molar-refractivity contribution is 5.41. The molecular formula is C14H22O. The molecule has 0 amide bonds. The molecule has 2 atom stereocenters. The van der Waals surface area contributed by atoms with E-state index < -0.39 is 0 Å². The van der Waals surface area contributed by atoms with Crippen molar-refractivity contribution in [3.05, 3.63) is 22.8 Å². The smallest absolute Gasteiger partial charge is 0.0631 e. The average molecular weight is 206 g/mol. The molecule has 0 heterocycles. The van der Waals surface area contributed by atoms with Crippen LogP contribution in [0.4, 0.5) is 0 Å². The van der Waals surface area contributed by atoms with Gasteiger partial charge in [0.1, 0.15) is 0 Å². The molecule has 1 nitrogen and oxygen atoms in total. The molecular weight excluding hydrogens is 184 g/mol. The lowest BCUT2D eigenvalue weighted by molar-refractivity contribution is 0.0278. The van der Waals surface area contributed by atoms with Gasteiger partial charge in [-0.25, -0.2) is 0 Å². The Labute approximate surface area is 92.9 Å². The number of fused-ring (bicyclic) bond motifs is 1. The summed E-state index contributed by atoms with van der Waals surface area (Å²) in [5.74, 6) is 0. The van der Waals surface area contributed by atoms with Crippen molar-refractivity contribution in [3.63, 3.8) is 0 Å². The van der Waals surface area contributed by atoms with Crippen molar-refractivity contribution in [2.45, 2.75) is 59.0 Å². The van der Waals surface area contributed by atoms with Crippen molar-refractivity contribution >= 4 is 0 Å². The van der Waals surface area contributed by atoms with Crippen LogP contribution >= 0.6 is 0 Å². The van der Waals surface area contributed by atoms with Gasteiger partial charge in [-0.3, -0.25) is 0 Å². The van der Waals surface area contributed by atoms with Crippen LogP contribution in [0.2, 0.25) is 0 Å². The molecule has 0 aromatic heterocycles. The van der Waals surface area contributed by atoms with Crippen LogP contribution in [0, 0.1) is 5.41 Å². The van der Waals surface area contributed by atoms with E-state index in [-0.39, 0.29) is 11.5 Å². The predicted molar refractivity (Wildman–Crippen MR) is 63.7 cm³/mol. The van der Waals surface area contributed by atoms with Crippen LogP contribution in [0.1, 0.15) is 52.9 Å². The van der Waals surface area contributed by atoms with E-state index in [1.807, 2.05) is 0 Å². The number of aliphatic hydroxyl groups is 1. The molecule has 1 heteroatoms. The van der Waals surface area contributed by atoms with Crippen molar-refractivity contribution in [3.8, 4) is 0 Å². The van der Waals surface area contributed by atoms with Crippen molar-refractivity contribution in [1.29, 1.82) is 0 Å². The molecule has 0 unspecified atom stereocenters. The van der Waals surface area contributed by atoms with Crippen LogP contribution in [0.25, 0.3) is 0 Å². The zero-order chi connectivity index (χ0) is 11.1. The van der Waals surface area contributed by atoms with Crippen LogP contribution in [-0.4, -0.2) is 11.2 Å². The van der Waals surface area contributed by atoms with Gasteiger partial charge < -0.3 is 5.11 Å². The van der Waals surface area contributed by atoms with Gasteiger partial charge in [-0.2, -0.15) is 0 Å². The summed E-state index contributed by atoms with van der Waals surface area (Å²) in [6.07, 6.45) is 7.72. The first-order valence-electron chi connectivity index (χ1n) is 6.13. The fourth-order valence-corrected chi connectivity index (χ4v) is 3.35. The lowest BCUT2D eigenvalue weighted by Gasteiger charge is -2.45.